The second kappa shape index (κ2) is 8.83. The zero-order valence-electron chi connectivity index (χ0n) is 20.5. The molecule has 0 spiro atoms. The van der Waals surface area contributed by atoms with Gasteiger partial charge in [0.1, 0.15) is 17.2 Å². The lowest BCUT2D eigenvalue weighted by Gasteiger charge is -2.42. The van der Waals surface area contributed by atoms with Crippen molar-refractivity contribution in [1.82, 2.24) is 15.5 Å². The number of halogens is 1. The highest BCUT2D eigenvalue weighted by molar-refractivity contribution is 5.99. The molecular weight excluding hydrogens is 439 g/mol. The number of carbonyl (C=O) groups is 2. The van der Waals surface area contributed by atoms with Crippen LogP contribution in [-0.4, -0.2) is 53.6 Å². The van der Waals surface area contributed by atoms with Crippen molar-refractivity contribution in [3.05, 3.63) is 29.6 Å². The molecule has 2 heterocycles. The molecule has 9 heteroatoms. The molecule has 1 saturated heterocycles. The summed E-state index contributed by atoms with van der Waals surface area (Å²) in [7, 11) is 1.60. The largest absolute Gasteiger partial charge is 0.487 e. The van der Waals surface area contributed by atoms with Crippen molar-refractivity contribution < 1.29 is 23.5 Å². The maximum atomic E-state index is 13.9. The minimum Gasteiger partial charge on any atom is -0.487 e. The fraction of sp³-hybridized carbons (Fsp3) is 0.640. The molecule has 3 aliphatic rings. The van der Waals surface area contributed by atoms with Gasteiger partial charge in [-0.2, -0.15) is 0 Å². The molecule has 0 radical (unpaired) electrons. The molecule has 1 unspecified atom stereocenters. The molecule has 1 aromatic rings. The van der Waals surface area contributed by atoms with Gasteiger partial charge in [-0.3, -0.25) is 19.9 Å². The zero-order valence-corrected chi connectivity index (χ0v) is 20.5. The van der Waals surface area contributed by atoms with Crippen LogP contribution in [-0.2, 0) is 14.3 Å². The predicted molar refractivity (Wildman–Crippen MR) is 125 cm³/mol. The molecular formula is C25H35FN4O4. The van der Waals surface area contributed by atoms with E-state index >= 15 is 0 Å². The van der Waals surface area contributed by atoms with Crippen molar-refractivity contribution in [3.63, 3.8) is 0 Å². The summed E-state index contributed by atoms with van der Waals surface area (Å²) in [6.45, 7) is 8.11. The lowest BCUT2D eigenvalue weighted by molar-refractivity contribution is -0.133. The Morgan fingerprint density at radius 3 is 2.79 bits per heavy atom. The van der Waals surface area contributed by atoms with Crippen LogP contribution < -0.4 is 15.4 Å². The van der Waals surface area contributed by atoms with E-state index in [1.165, 1.54) is 17.0 Å². The van der Waals surface area contributed by atoms with Crippen LogP contribution in [0.5, 0.6) is 5.75 Å². The lowest BCUT2D eigenvalue weighted by atomic mass is 9.89. The van der Waals surface area contributed by atoms with Gasteiger partial charge in [-0.05, 0) is 64.7 Å². The fourth-order valence-electron chi connectivity index (χ4n) is 5.31. The summed E-state index contributed by atoms with van der Waals surface area (Å²) in [5.74, 6) is -0.296. The third kappa shape index (κ3) is 5.04. The van der Waals surface area contributed by atoms with Gasteiger partial charge < -0.3 is 20.1 Å². The Bertz CT molecular complexity index is 975. The molecule has 1 aliphatic carbocycles. The van der Waals surface area contributed by atoms with Crippen LogP contribution in [0.1, 0.15) is 65.0 Å². The van der Waals surface area contributed by atoms with Gasteiger partial charge in [-0.15, -0.1) is 0 Å². The van der Waals surface area contributed by atoms with Crippen LogP contribution in [0.2, 0.25) is 0 Å². The van der Waals surface area contributed by atoms with E-state index in [0.717, 1.165) is 0 Å². The Hall–Kier alpha value is -2.68. The van der Waals surface area contributed by atoms with Gasteiger partial charge in [0.25, 0.3) is 0 Å². The van der Waals surface area contributed by atoms with Gasteiger partial charge in [0, 0.05) is 49.6 Å². The SMILES string of the molecule is COCC[C@H](C1C[C@H]1C(=O)N[C@H]1CC(C)(C)Oc2ccc(F)cc21)N1C(=N)NC(C)(C)CC1=O. The highest BCUT2D eigenvalue weighted by Gasteiger charge is 2.53. The average Bonchev–Trinajstić information content (AvgIpc) is 3.50. The van der Waals surface area contributed by atoms with Crippen LogP contribution in [0.25, 0.3) is 0 Å². The summed E-state index contributed by atoms with van der Waals surface area (Å²) in [5.41, 5.74) is -0.337. The maximum absolute atomic E-state index is 13.9. The van der Waals surface area contributed by atoms with Gasteiger partial charge in [-0.25, -0.2) is 4.39 Å². The van der Waals surface area contributed by atoms with Crippen LogP contribution in [0.4, 0.5) is 4.39 Å². The Labute approximate surface area is 200 Å². The van der Waals surface area contributed by atoms with E-state index in [-0.39, 0.29) is 53.9 Å². The first-order chi connectivity index (χ1) is 15.9. The molecule has 1 saturated carbocycles. The zero-order chi connectivity index (χ0) is 24.8. The summed E-state index contributed by atoms with van der Waals surface area (Å²) in [4.78, 5) is 27.7. The quantitative estimate of drug-likeness (QED) is 0.563. The molecule has 4 rings (SSSR count). The van der Waals surface area contributed by atoms with Crippen molar-refractivity contribution in [1.29, 1.82) is 5.41 Å². The number of nitrogens with zero attached hydrogens (tertiary/aromatic N) is 1. The summed E-state index contributed by atoms with van der Waals surface area (Å²) >= 11 is 0. The Morgan fingerprint density at radius 1 is 1.38 bits per heavy atom. The van der Waals surface area contributed by atoms with Gasteiger partial charge in [-0.1, -0.05) is 0 Å². The first-order valence-corrected chi connectivity index (χ1v) is 11.9. The van der Waals surface area contributed by atoms with E-state index in [9.17, 15) is 14.0 Å². The molecule has 2 aliphatic heterocycles. The number of nitrogens with one attached hydrogen (secondary N) is 3. The van der Waals surface area contributed by atoms with Crippen LogP contribution in [0.3, 0.4) is 0 Å². The van der Waals surface area contributed by atoms with E-state index < -0.39 is 11.1 Å². The molecule has 1 aromatic carbocycles. The summed E-state index contributed by atoms with van der Waals surface area (Å²) in [6.07, 6.45) is 1.97. The van der Waals surface area contributed by atoms with Crippen molar-refractivity contribution in [2.45, 2.75) is 76.6 Å². The topological polar surface area (TPSA) is 104 Å². The standard InChI is InChI=1S/C25H35FN4O4/c1-24(2)13-21(31)30(23(27)29-24)19(8-9-33-5)15-11-16(15)22(32)28-18-12-25(3,4)34-20-7-6-14(26)10-17(18)20/h6-7,10,15-16,18-19H,8-9,11-13H2,1-5H3,(H2,27,29)(H,28,32)/t15?,16-,18+,19-/m1/s1. The van der Waals surface area contributed by atoms with E-state index in [1.807, 2.05) is 27.7 Å². The molecule has 3 N–H and O–H groups in total. The van der Waals surface area contributed by atoms with Crippen molar-refractivity contribution in [2.24, 2.45) is 11.8 Å². The molecule has 2 amide bonds. The Balaban J connectivity index is 1.49. The van der Waals surface area contributed by atoms with Gasteiger partial charge in [0.05, 0.1) is 6.04 Å². The van der Waals surface area contributed by atoms with Crippen LogP contribution >= 0.6 is 0 Å². The molecule has 8 nitrogen and oxygen atoms in total. The van der Waals surface area contributed by atoms with E-state index in [0.29, 0.717) is 37.2 Å². The van der Waals surface area contributed by atoms with Crippen LogP contribution in [0.15, 0.2) is 18.2 Å². The number of fused-ring (bicyclic) bond motifs is 1. The van der Waals surface area contributed by atoms with Crippen LogP contribution in [0, 0.1) is 23.1 Å². The number of rotatable bonds is 7. The number of hydrogen-bond donors (Lipinski definition) is 3. The number of ether oxygens (including phenoxy) is 2. The van der Waals surface area contributed by atoms with Crippen molar-refractivity contribution in [2.75, 3.05) is 13.7 Å². The Kier molecular flexibility index (Phi) is 6.35. The minimum atomic E-state index is -0.500. The number of methoxy groups -OCH3 is 1. The molecule has 186 valence electrons. The van der Waals surface area contributed by atoms with E-state index in [2.05, 4.69) is 10.6 Å². The van der Waals surface area contributed by atoms with Gasteiger partial charge in [0.15, 0.2) is 5.96 Å². The van der Waals surface area contributed by atoms with Gasteiger partial charge in [0.2, 0.25) is 11.8 Å². The first kappa shape index (κ1) is 24.4. The minimum absolute atomic E-state index is 0.0673. The normalized spacial score (nSPS) is 27.8. The fourth-order valence-corrected chi connectivity index (χ4v) is 5.31. The van der Waals surface area contributed by atoms with E-state index in [1.54, 1.807) is 13.2 Å². The number of hydrogen-bond acceptors (Lipinski definition) is 5. The smallest absolute Gasteiger partial charge is 0.231 e. The second-order valence-corrected chi connectivity index (χ2v) is 11.0. The van der Waals surface area contributed by atoms with Crippen molar-refractivity contribution >= 4 is 17.8 Å². The monoisotopic (exact) mass is 474 g/mol. The molecule has 34 heavy (non-hydrogen) atoms. The summed E-state index contributed by atoms with van der Waals surface area (Å²) in [5, 5.41) is 14.7. The highest BCUT2D eigenvalue weighted by atomic mass is 19.1. The average molecular weight is 475 g/mol. The van der Waals surface area contributed by atoms with Gasteiger partial charge >= 0.3 is 0 Å². The summed E-state index contributed by atoms with van der Waals surface area (Å²) in [6, 6.07) is 3.72. The number of carbonyl (C=O) groups excluding carboxylic acids is 2. The summed E-state index contributed by atoms with van der Waals surface area (Å²) < 4.78 is 25.2. The maximum Gasteiger partial charge on any atom is 0.231 e. The third-order valence-electron chi connectivity index (χ3n) is 6.93. The van der Waals surface area contributed by atoms with E-state index in [4.69, 9.17) is 14.9 Å². The second-order valence-electron chi connectivity index (χ2n) is 11.0. The third-order valence-corrected chi connectivity index (χ3v) is 6.93. The molecule has 4 atom stereocenters. The molecule has 0 bridgehead atoms. The molecule has 2 fully saturated rings. The number of guanidine groups is 1. The first-order valence-electron chi connectivity index (χ1n) is 11.9. The lowest BCUT2D eigenvalue weighted by Crippen LogP contribution is -2.63. The van der Waals surface area contributed by atoms with Crippen molar-refractivity contribution in [3.8, 4) is 5.75 Å². The Morgan fingerprint density at radius 2 is 2.12 bits per heavy atom. The molecule has 0 aromatic heterocycles. The predicted octanol–water partition coefficient (Wildman–Crippen LogP) is 3.12. The number of amides is 2. The highest BCUT2D eigenvalue weighted by Crippen LogP contribution is 2.46. The number of benzene rings is 1.